The van der Waals surface area contributed by atoms with Gasteiger partial charge in [0.05, 0.1) is 6.04 Å². The van der Waals surface area contributed by atoms with E-state index in [4.69, 9.17) is 0 Å². The van der Waals surface area contributed by atoms with E-state index < -0.39 is 0 Å². The lowest BCUT2D eigenvalue weighted by Gasteiger charge is -2.19. The molecule has 0 saturated heterocycles. The Balaban J connectivity index is 1.79. The number of halogens is 1. The maximum absolute atomic E-state index is 12.4. The Kier molecular flexibility index (Phi) is 4.05. The lowest BCUT2D eigenvalue weighted by Crippen LogP contribution is -2.29. The van der Waals surface area contributed by atoms with Gasteiger partial charge in [-0.25, -0.2) is 0 Å². The molecular weight excluding hydrogens is 361 g/mol. The highest BCUT2D eigenvalue weighted by molar-refractivity contribution is 14.1. The summed E-state index contributed by atoms with van der Waals surface area (Å²) in [5, 5.41) is 3.20. The summed E-state index contributed by atoms with van der Waals surface area (Å²) in [4.78, 5) is 12.4. The van der Waals surface area contributed by atoms with E-state index in [1.807, 2.05) is 42.5 Å². The normalized spacial score (nSPS) is 15.7. The van der Waals surface area contributed by atoms with E-state index in [-0.39, 0.29) is 11.9 Å². The predicted octanol–water partition coefficient (Wildman–Crippen LogP) is 4.17. The summed E-state index contributed by atoms with van der Waals surface area (Å²) in [7, 11) is 0. The molecule has 0 unspecified atom stereocenters. The van der Waals surface area contributed by atoms with Crippen LogP contribution in [0.4, 0.5) is 0 Å². The summed E-state index contributed by atoms with van der Waals surface area (Å²) in [6.07, 6.45) is 2.40. The maximum atomic E-state index is 12.4. The van der Waals surface area contributed by atoms with E-state index in [2.05, 4.69) is 40.0 Å². The molecule has 20 heavy (non-hydrogen) atoms. The molecule has 0 spiro atoms. The van der Waals surface area contributed by atoms with Gasteiger partial charge >= 0.3 is 0 Å². The number of benzene rings is 2. The van der Waals surface area contributed by atoms with E-state index in [9.17, 15) is 4.79 Å². The minimum atomic E-state index is 0.0178. The van der Waals surface area contributed by atoms with Crippen molar-refractivity contribution in [1.82, 2.24) is 5.32 Å². The molecule has 0 radical (unpaired) electrons. The zero-order valence-electron chi connectivity index (χ0n) is 11.1. The number of rotatable bonds is 4. The van der Waals surface area contributed by atoms with Crippen molar-refractivity contribution in [3.63, 3.8) is 0 Å². The molecule has 1 saturated carbocycles. The Morgan fingerprint density at radius 2 is 1.85 bits per heavy atom. The Bertz CT molecular complexity index is 607. The van der Waals surface area contributed by atoms with Gasteiger partial charge in [0, 0.05) is 9.13 Å². The molecule has 1 aliphatic rings. The van der Waals surface area contributed by atoms with Gasteiger partial charge in [0.15, 0.2) is 0 Å². The third-order valence-electron chi connectivity index (χ3n) is 3.63. The van der Waals surface area contributed by atoms with Gasteiger partial charge in [-0.05, 0) is 65.1 Å². The summed E-state index contributed by atoms with van der Waals surface area (Å²) >= 11 is 2.23. The standard InChI is InChI=1S/C17H16INO/c18-15-8-4-7-14(11-15)17(20)19-16(13-9-10-13)12-5-2-1-3-6-12/h1-8,11,13,16H,9-10H2,(H,19,20)/t16-/m0/s1. The van der Waals surface area contributed by atoms with Gasteiger partial charge in [0.2, 0.25) is 0 Å². The SMILES string of the molecule is O=C(N[C@@H](c1ccccc1)C1CC1)c1cccc(I)c1. The first-order valence-electron chi connectivity index (χ1n) is 6.85. The van der Waals surface area contributed by atoms with Crippen LogP contribution >= 0.6 is 22.6 Å². The van der Waals surface area contributed by atoms with Gasteiger partial charge in [0.1, 0.15) is 0 Å². The van der Waals surface area contributed by atoms with Crippen molar-refractivity contribution in [2.45, 2.75) is 18.9 Å². The first kappa shape index (κ1) is 13.6. The average molecular weight is 377 g/mol. The Morgan fingerprint density at radius 3 is 2.50 bits per heavy atom. The number of hydrogen-bond acceptors (Lipinski definition) is 1. The second-order valence-electron chi connectivity index (χ2n) is 5.21. The van der Waals surface area contributed by atoms with E-state index in [0.29, 0.717) is 5.92 Å². The minimum Gasteiger partial charge on any atom is -0.345 e. The second kappa shape index (κ2) is 5.95. The topological polar surface area (TPSA) is 29.1 Å². The molecule has 2 aromatic rings. The van der Waals surface area contributed by atoms with Gasteiger partial charge in [-0.15, -0.1) is 0 Å². The van der Waals surface area contributed by atoms with Crippen molar-refractivity contribution in [2.75, 3.05) is 0 Å². The first-order chi connectivity index (χ1) is 9.74. The molecule has 1 amide bonds. The summed E-state index contributed by atoms with van der Waals surface area (Å²) in [6.45, 7) is 0. The van der Waals surface area contributed by atoms with Crippen LogP contribution in [0, 0.1) is 9.49 Å². The smallest absolute Gasteiger partial charge is 0.251 e. The van der Waals surface area contributed by atoms with Crippen LogP contribution in [-0.2, 0) is 0 Å². The van der Waals surface area contributed by atoms with Crippen molar-refractivity contribution in [2.24, 2.45) is 5.92 Å². The van der Waals surface area contributed by atoms with Gasteiger partial charge in [-0.3, -0.25) is 4.79 Å². The van der Waals surface area contributed by atoms with E-state index >= 15 is 0 Å². The molecule has 0 heterocycles. The molecule has 1 aliphatic carbocycles. The highest BCUT2D eigenvalue weighted by Gasteiger charge is 2.33. The largest absolute Gasteiger partial charge is 0.345 e. The predicted molar refractivity (Wildman–Crippen MR) is 88.5 cm³/mol. The van der Waals surface area contributed by atoms with Crippen LogP contribution in [0.5, 0.6) is 0 Å². The fourth-order valence-corrected chi connectivity index (χ4v) is 2.96. The molecule has 102 valence electrons. The van der Waals surface area contributed by atoms with Crippen molar-refractivity contribution in [3.05, 3.63) is 69.3 Å². The molecule has 1 fully saturated rings. The van der Waals surface area contributed by atoms with E-state index in [0.717, 1.165) is 9.13 Å². The molecular formula is C17H16INO. The molecule has 0 bridgehead atoms. The summed E-state index contributed by atoms with van der Waals surface area (Å²) < 4.78 is 1.08. The third kappa shape index (κ3) is 3.20. The fraction of sp³-hybridized carbons (Fsp3) is 0.235. The van der Waals surface area contributed by atoms with Crippen LogP contribution in [0.1, 0.15) is 34.8 Å². The highest BCUT2D eigenvalue weighted by atomic mass is 127. The number of carbonyl (C=O) groups is 1. The maximum Gasteiger partial charge on any atom is 0.251 e. The summed E-state index contributed by atoms with van der Waals surface area (Å²) in [6, 6.07) is 18.1. The van der Waals surface area contributed by atoms with Gasteiger partial charge in [0.25, 0.3) is 5.91 Å². The summed E-state index contributed by atoms with van der Waals surface area (Å²) in [5.74, 6) is 0.605. The Morgan fingerprint density at radius 1 is 1.10 bits per heavy atom. The lowest BCUT2D eigenvalue weighted by molar-refractivity contribution is 0.0931. The van der Waals surface area contributed by atoms with Gasteiger partial charge in [-0.1, -0.05) is 36.4 Å². The second-order valence-corrected chi connectivity index (χ2v) is 6.46. The van der Waals surface area contributed by atoms with Crippen molar-refractivity contribution in [3.8, 4) is 0 Å². The third-order valence-corrected chi connectivity index (χ3v) is 4.30. The van der Waals surface area contributed by atoms with Crippen LogP contribution in [0.3, 0.4) is 0 Å². The van der Waals surface area contributed by atoms with Crippen LogP contribution in [0.2, 0.25) is 0 Å². The fourth-order valence-electron chi connectivity index (χ4n) is 2.42. The number of amides is 1. The monoisotopic (exact) mass is 377 g/mol. The van der Waals surface area contributed by atoms with E-state index in [1.54, 1.807) is 0 Å². The van der Waals surface area contributed by atoms with Crippen molar-refractivity contribution < 1.29 is 4.79 Å². The van der Waals surface area contributed by atoms with Crippen molar-refractivity contribution >= 4 is 28.5 Å². The molecule has 1 atom stereocenters. The zero-order valence-corrected chi connectivity index (χ0v) is 13.2. The number of carbonyl (C=O) groups excluding carboxylic acids is 1. The number of hydrogen-bond donors (Lipinski definition) is 1. The molecule has 2 aromatic carbocycles. The molecule has 2 nitrogen and oxygen atoms in total. The molecule has 0 aliphatic heterocycles. The lowest BCUT2D eigenvalue weighted by atomic mass is 10.0. The van der Waals surface area contributed by atoms with Gasteiger partial charge < -0.3 is 5.32 Å². The van der Waals surface area contributed by atoms with Gasteiger partial charge in [-0.2, -0.15) is 0 Å². The van der Waals surface area contributed by atoms with E-state index in [1.165, 1.54) is 18.4 Å². The highest BCUT2D eigenvalue weighted by Crippen LogP contribution is 2.41. The average Bonchev–Trinajstić information content (AvgIpc) is 3.30. The van der Waals surface area contributed by atoms with Crippen LogP contribution in [0.25, 0.3) is 0 Å². The Hall–Kier alpha value is -1.36. The van der Waals surface area contributed by atoms with Crippen LogP contribution in [0.15, 0.2) is 54.6 Å². The first-order valence-corrected chi connectivity index (χ1v) is 7.93. The molecule has 3 rings (SSSR count). The summed E-state index contributed by atoms with van der Waals surface area (Å²) in [5.41, 5.74) is 1.94. The zero-order chi connectivity index (χ0) is 13.9. The van der Waals surface area contributed by atoms with Crippen molar-refractivity contribution in [1.29, 1.82) is 0 Å². The quantitative estimate of drug-likeness (QED) is 0.797. The molecule has 3 heteroatoms. The number of nitrogens with one attached hydrogen (secondary N) is 1. The minimum absolute atomic E-state index is 0.0178. The molecule has 1 N–H and O–H groups in total. The molecule has 0 aromatic heterocycles. The van der Waals surface area contributed by atoms with Crippen LogP contribution in [-0.4, -0.2) is 5.91 Å². The van der Waals surface area contributed by atoms with Crippen LogP contribution < -0.4 is 5.32 Å². The Labute approximate surface area is 132 Å².